The van der Waals surface area contributed by atoms with Gasteiger partial charge in [0.05, 0.1) is 19.8 Å². The number of allylic oxidation sites excluding steroid dienone is 2. The fraction of sp³-hybridized carbons (Fsp3) is 0.936. The number of hydrogen-bond acceptors (Lipinski definition) is 9. The summed E-state index contributed by atoms with van der Waals surface area (Å²) < 4.78 is 22.8. The Hall–Kier alpha value is -1.07. The molecular formula is C47H90O9. The van der Waals surface area contributed by atoms with Crippen molar-refractivity contribution in [2.75, 3.05) is 26.4 Å². The lowest BCUT2D eigenvalue weighted by atomic mass is 9.99. The first-order valence-corrected chi connectivity index (χ1v) is 23.8. The van der Waals surface area contributed by atoms with Crippen molar-refractivity contribution in [1.82, 2.24) is 0 Å². The predicted octanol–water partition coefficient (Wildman–Crippen LogP) is 10.8. The average molecular weight is 799 g/mol. The number of carbonyl (C=O) groups is 1. The summed E-state index contributed by atoms with van der Waals surface area (Å²) in [4.78, 5) is 12.8. The minimum absolute atomic E-state index is 0.110. The predicted molar refractivity (Wildman–Crippen MR) is 229 cm³/mol. The Morgan fingerprint density at radius 1 is 0.554 bits per heavy atom. The Kier molecular flexibility index (Phi) is 37.2. The van der Waals surface area contributed by atoms with Gasteiger partial charge in [-0.1, -0.05) is 187 Å². The highest BCUT2D eigenvalue weighted by molar-refractivity contribution is 5.69. The summed E-state index contributed by atoms with van der Waals surface area (Å²) in [6.07, 6.45) is 36.6. The van der Waals surface area contributed by atoms with Gasteiger partial charge in [0.15, 0.2) is 6.29 Å². The van der Waals surface area contributed by atoms with Crippen molar-refractivity contribution in [2.24, 2.45) is 0 Å². The zero-order valence-corrected chi connectivity index (χ0v) is 36.4. The van der Waals surface area contributed by atoms with Crippen LogP contribution in [0.1, 0.15) is 219 Å². The second-order valence-electron chi connectivity index (χ2n) is 16.6. The monoisotopic (exact) mass is 799 g/mol. The largest absolute Gasteiger partial charge is 0.457 e. The molecule has 0 bridgehead atoms. The molecule has 1 aliphatic rings. The number of esters is 1. The lowest BCUT2D eigenvalue weighted by molar-refractivity contribution is -0.305. The fourth-order valence-electron chi connectivity index (χ4n) is 7.43. The molecule has 56 heavy (non-hydrogen) atoms. The van der Waals surface area contributed by atoms with E-state index in [1.54, 1.807) is 0 Å². The quantitative estimate of drug-likeness (QED) is 0.0271. The number of ether oxygens (including phenoxy) is 4. The maximum Gasteiger partial charge on any atom is 0.306 e. The molecule has 6 unspecified atom stereocenters. The van der Waals surface area contributed by atoms with Crippen molar-refractivity contribution < 1.29 is 44.2 Å². The molecule has 0 radical (unpaired) electrons. The Morgan fingerprint density at radius 2 is 0.982 bits per heavy atom. The molecule has 4 N–H and O–H groups in total. The summed E-state index contributed by atoms with van der Waals surface area (Å²) in [5.41, 5.74) is 0. The van der Waals surface area contributed by atoms with Crippen molar-refractivity contribution >= 4 is 5.97 Å². The fourth-order valence-corrected chi connectivity index (χ4v) is 7.43. The molecule has 0 amide bonds. The maximum absolute atomic E-state index is 12.8. The molecule has 0 aromatic rings. The van der Waals surface area contributed by atoms with Gasteiger partial charge in [-0.3, -0.25) is 4.79 Å². The van der Waals surface area contributed by atoms with E-state index in [1.807, 2.05) is 0 Å². The van der Waals surface area contributed by atoms with Crippen molar-refractivity contribution in [3.05, 3.63) is 12.2 Å². The van der Waals surface area contributed by atoms with Gasteiger partial charge in [0.25, 0.3) is 0 Å². The topological polar surface area (TPSA) is 135 Å². The molecule has 0 saturated carbocycles. The molecule has 6 atom stereocenters. The van der Waals surface area contributed by atoms with Gasteiger partial charge in [0, 0.05) is 13.0 Å². The molecule has 0 spiro atoms. The molecule has 9 heteroatoms. The van der Waals surface area contributed by atoms with Crippen LogP contribution in [0, 0.1) is 0 Å². The Balaban J connectivity index is 2.23. The summed E-state index contributed by atoms with van der Waals surface area (Å²) in [6, 6.07) is 0. The standard InChI is InChI=1S/C47H90O9/c1-3-5-7-9-11-13-15-17-19-20-21-22-24-26-28-30-32-34-36-43(49)55-41(40-54-47-46(52)45(51)44(50)42(38-48)56-47)39-53-37-35-33-31-29-27-25-23-18-16-14-12-10-8-6-4-2/h16,18,41-42,44-48,50-52H,3-15,17,19-40H2,1-2H3/b18-16-. The summed E-state index contributed by atoms with van der Waals surface area (Å²) in [7, 11) is 0. The Labute approximate surface area is 344 Å². The van der Waals surface area contributed by atoms with Gasteiger partial charge in [-0.15, -0.1) is 0 Å². The van der Waals surface area contributed by atoms with Crippen LogP contribution in [0.5, 0.6) is 0 Å². The third-order valence-electron chi connectivity index (χ3n) is 11.2. The molecule has 1 heterocycles. The van der Waals surface area contributed by atoms with E-state index in [-0.39, 0.29) is 19.2 Å². The zero-order valence-electron chi connectivity index (χ0n) is 36.4. The molecule has 1 saturated heterocycles. The van der Waals surface area contributed by atoms with Crippen LogP contribution >= 0.6 is 0 Å². The van der Waals surface area contributed by atoms with Gasteiger partial charge >= 0.3 is 5.97 Å². The molecule has 0 aromatic carbocycles. The molecule has 9 nitrogen and oxygen atoms in total. The van der Waals surface area contributed by atoms with E-state index in [0.29, 0.717) is 13.0 Å². The van der Waals surface area contributed by atoms with Gasteiger partial charge in [0.2, 0.25) is 0 Å². The van der Waals surface area contributed by atoms with Gasteiger partial charge < -0.3 is 39.4 Å². The van der Waals surface area contributed by atoms with E-state index >= 15 is 0 Å². The first-order valence-electron chi connectivity index (χ1n) is 23.8. The lowest BCUT2D eigenvalue weighted by Gasteiger charge is -2.39. The third-order valence-corrected chi connectivity index (χ3v) is 11.2. The molecule has 1 rings (SSSR count). The third kappa shape index (κ3) is 30.0. The van der Waals surface area contributed by atoms with Crippen LogP contribution < -0.4 is 0 Å². The van der Waals surface area contributed by atoms with E-state index in [0.717, 1.165) is 32.1 Å². The minimum Gasteiger partial charge on any atom is -0.457 e. The smallest absolute Gasteiger partial charge is 0.306 e. The number of hydrogen-bond donors (Lipinski definition) is 4. The number of unbranched alkanes of at least 4 members (excludes halogenated alkanes) is 28. The van der Waals surface area contributed by atoms with Gasteiger partial charge in [-0.2, -0.15) is 0 Å². The van der Waals surface area contributed by atoms with Crippen molar-refractivity contribution in [3.8, 4) is 0 Å². The summed E-state index contributed by atoms with van der Waals surface area (Å²) in [5, 5.41) is 40.1. The second kappa shape index (κ2) is 39.4. The number of carbonyl (C=O) groups excluding carboxylic acids is 1. The highest BCUT2D eigenvalue weighted by atomic mass is 16.7. The lowest BCUT2D eigenvalue weighted by Crippen LogP contribution is -2.59. The summed E-state index contributed by atoms with van der Waals surface area (Å²) >= 11 is 0. The van der Waals surface area contributed by atoms with Crippen molar-refractivity contribution in [2.45, 2.75) is 256 Å². The summed E-state index contributed by atoms with van der Waals surface area (Å²) in [5.74, 6) is -0.311. The normalized spacial score (nSPS) is 20.6. The molecular weight excluding hydrogens is 709 g/mol. The van der Waals surface area contributed by atoms with Crippen molar-refractivity contribution in [3.63, 3.8) is 0 Å². The molecule has 1 fully saturated rings. The van der Waals surface area contributed by atoms with Gasteiger partial charge in [0.1, 0.15) is 30.5 Å². The number of aliphatic hydroxyl groups excluding tert-OH is 4. The van der Waals surface area contributed by atoms with Crippen molar-refractivity contribution in [1.29, 1.82) is 0 Å². The zero-order chi connectivity index (χ0) is 40.7. The minimum atomic E-state index is -1.53. The highest BCUT2D eigenvalue weighted by Crippen LogP contribution is 2.23. The van der Waals surface area contributed by atoms with Crippen LogP contribution in [0.4, 0.5) is 0 Å². The molecule has 0 aliphatic carbocycles. The SMILES string of the molecule is CCCCCCC/C=C\CCCCCCCCOCC(COC1OC(CO)C(O)C(O)C1O)OC(=O)CCCCCCCCCCCCCCCCCCCC. The maximum atomic E-state index is 12.8. The van der Waals surface area contributed by atoms with Gasteiger partial charge in [-0.25, -0.2) is 0 Å². The summed E-state index contributed by atoms with van der Waals surface area (Å²) in [6.45, 7) is 4.58. The number of aliphatic hydroxyl groups is 4. The van der Waals surface area contributed by atoms with E-state index in [2.05, 4.69) is 26.0 Å². The molecule has 0 aromatic heterocycles. The van der Waals surface area contributed by atoms with Crippen LogP contribution in [0.25, 0.3) is 0 Å². The van der Waals surface area contributed by atoms with Gasteiger partial charge in [-0.05, 0) is 38.5 Å². The second-order valence-corrected chi connectivity index (χ2v) is 16.6. The van der Waals surface area contributed by atoms with E-state index < -0.39 is 43.4 Å². The number of rotatable bonds is 41. The molecule has 332 valence electrons. The first kappa shape index (κ1) is 52.9. The van der Waals surface area contributed by atoms with Crippen LogP contribution in [0.2, 0.25) is 0 Å². The van der Waals surface area contributed by atoms with E-state index in [4.69, 9.17) is 18.9 Å². The molecule has 1 aliphatic heterocycles. The highest BCUT2D eigenvalue weighted by Gasteiger charge is 2.44. The van der Waals surface area contributed by atoms with Crippen LogP contribution in [0.15, 0.2) is 12.2 Å². The van der Waals surface area contributed by atoms with Crippen LogP contribution in [-0.2, 0) is 23.7 Å². The Morgan fingerprint density at radius 3 is 1.45 bits per heavy atom. The van der Waals surface area contributed by atoms with Crippen LogP contribution in [0.3, 0.4) is 0 Å². The average Bonchev–Trinajstić information content (AvgIpc) is 3.20. The first-order chi connectivity index (χ1) is 27.4. The Bertz CT molecular complexity index is 869. The van der Waals surface area contributed by atoms with E-state index in [1.165, 1.54) is 167 Å². The van der Waals surface area contributed by atoms with E-state index in [9.17, 15) is 25.2 Å². The van der Waals surface area contributed by atoms with Crippen LogP contribution in [-0.4, -0.2) is 89.6 Å².